The highest BCUT2D eigenvalue weighted by molar-refractivity contribution is 6.31. The van der Waals surface area contributed by atoms with E-state index in [0.29, 0.717) is 23.7 Å². The summed E-state index contributed by atoms with van der Waals surface area (Å²) in [5, 5.41) is 7.84. The van der Waals surface area contributed by atoms with Crippen LogP contribution in [0, 0.1) is 5.41 Å². The van der Waals surface area contributed by atoms with Gasteiger partial charge >= 0.3 is 0 Å². The molecule has 0 radical (unpaired) electrons. The molecule has 0 fully saturated rings. The fraction of sp³-hybridized carbons (Fsp3) is 0.300. The third kappa shape index (κ3) is 2.47. The first kappa shape index (κ1) is 11.0. The lowest BCUT2D eigenvalue weighted by atomic mass is 10.0. The van der Waals surface area contributed by atoms with Gasteiger partial charge in [0.05, 0.1) is 6.61 Å². The number of halogens is 1. The Morgan fingerprint density at radius 3 is 2.86 bits per heavy atom. The van der Waals surface area contributed by atoms with Gasteiger partial charge in [0.25, 0.3) is 0 Å². The molecule has 0 amide bonds. The lowest BCUT2D eigenvalue weighted by Gasteiger charge is -2.08. The number of hydrogen-bond acceptors (Lipinski definition) is 3. The lowest BCUT2D eigenvalue weighted by molar-refractivity contribution is 0.202. The molecule has 0 saturated carbocycles. The van der Waals surface area contributed by atoms with Crippen molar-refractivity contribution in [2.75, 3.05) is 19.5 Å². The number of rotatable bonds is 4. The molecule has 0 aliphatic carbocycles. The minimum absolute atomic E-state index is 0.540. The van der Waals surface area contributed by atoms with Crippen LogP contribution in [0.3, 0.4) is 0 Å². The van der Waals surface area contributed by atoms with Crippen molar-refractivity contribution in [3.63, 3.8) is 0 Å². The molecule has 1 aromatic carbocycles. The fourth-order valence-corrected chi connectivity index (χ4v) is 1.54. The van der Waals surface area contributed by atoms with Gasteiger partial charge in [-0.05, 0) is 24.1 Å². The van der Waals surface area contributed by atoms with Gasteiger partial charge in [-0.3, -0.25) is 0 Å². The number of ether oxygens (including phenoxy) is 1. The van der Waals surface area contributed by atoms with E-state index in [2.05, 4.69) is 0 Å². The smallest absolute Gasteiger partial charge is 0.0502 e. The van der Waals surface area contributed by atoms with Crippen LogP contribution in [-0.2, 0) is 11.2 Å². The van der Waals surface area contributed by atoms with E-state index >= 15 is 0 Å². The van der Waals surface area contributed by atoms with Crippen LogP contribution in [0.5, 0.6) is 0 Å². The molecule has 0 saturated heterocycles. The van der Waals surface area contributed by atoms with E-state index in [9.17, 15) is 0 Å². The molecule has 4 heteroatoms. The minimum Gasteiger partial charge on any atom is -0.398 e. The largest absolute Gasteiger partial charge is 0.398 e. The second kappa shape index (κ2) is 4.98. The van der Waals surface area contributed by atoms with E-state index in [1.807, 2.05) is 6.07 Å². The summed E-state index contributed by atoms with van der Waals surface area (Å²) in [6.45, 7) is 0.598. The highest BCUT2D eigenvalue weighted by Gasteiger charge is 2.05. The summed E-state index contributed by atoms with van der Waals surface area (Å²) in [5.74, 6) is 0. The molecular weight excluding hydrogens is 200 g/mol. The van der Waals surface area contributed by atoms with Gasteiger partial charge < -0.3 is 15.9 Å². The Balaban J connectivity index is 3.05. The minimum atomic E-state index is 0.540. The first-order valence-electron chi connectivity index (χ1n) is 4.26. The molecule has 3 nitrogen and oxygen atoms in total. The lowest BCUT2D eigenvalue weighted by Crippen LogP contribution is -2.02. The van der Waals surface area contributed by atoms with Crippen molar-refractivity contribution in [3.05, 3.63) is 28.3 Å². The molecule has 0 aliphatic rings. The predicted molar refractivity (Wildman–Crippen MR) is 59.3 cm³/mol. The normalized spacial score (nSPS) is 10.1. The molecule has 0 aliphatic heterocycles. The molecule has 0 aromatic heterocycles. The van der Waals surface area contributed by atoms with Crippen LogP contribution in [0.1, 0.15) is 11.1 Å². The SMILES string of the molecule is COCCc1cc(Cl)cc(N)c1C=N. The van der Waals surface area contributed by atoms with Crippen molar-refractivity contribution in [1.29, 1.82) is 5.41 Å². The van der Waals surface area contributed by atoms with Crippen molar-refractivity contribution >= 4 is 23.5 Å². The molecule has 76 valence electrons. The van der Waals surface area contributed by atoms with E-state index in [1.54, 1.807) is 13.2 Å². The van der Waals surface area contributed by atoms with Crippen LogP contribution in [0.15, 0.2) is 12.1 Å². The second-order valence-corrected chi connectivity index (χ2v) is 3.39. The average molecular weight is 213 g/mol. The van der Waals surface area contributed by atoms with E-state index in [0.717, 1.165) is 11.1 Å². The summed E-state index contributed by atoms with van der Waals surface area (Å²) in [6.07, 6.45) is 1.96. The number of hydrogen-bond donors (Lipinski definition) is 2. The molecule has 0 heterocycles. The third-order valence-corrected chi connectivity index (χ3v) is 2.20. The molecule has 0 spiro atoms. The van der Waals surface area contributed by atoms with E-state index in [4.69, 9.17) is 27.5 Å². The number of anilines is 1. The zero-order chi connectivity index (χ0) is 10.6. The van der Waals surface area contributed by atoms with Crippen molar-refractivity contribution in [3.8, 4) is 0 Å². The Morgan fingerprint density at radius 2 is 2.29 bits per heavy atom. The van der Waals surface area contributed by atoms with Crippen LogP contribution < -0.4 is 5.73 Å². The van der Waals surface area contributed by atoms with Crippen molar-refractivity contribution in [1.82, 2.24) is 0 Å². The Morgan fingerprint density at radius 1 is 1.57 bits per heavy atom. The molecule has 0 bridgehead atoms. The van der Waals surface area contributed by atoms with Crippen molar-refractivity contribution < 1.29 is 4.74 Å². The number of nitrogens with one attached hydrogen (secondary N) is 1. The first-order valence-corrected chi connectivity index (χ1v) is 4.64. The predicted octanol–water partition coefficient (Wildman–Crippen LogP) is 2.11. The molecule has 1 aromatic rings. The van der Waals surface area contributed by atoms with Crippen LogP contribution in [0.2, 0.25) is 5.02 Å². The van der Waals surface area contributed by atoms with Crippen molar-refractivity contribution in [2.45, 2.75) is 6.42 Å². The summed E-state index contributed by atoms with van der Waals surface area (Å²) in [4.78, 5) is 0. The molecular formula is C10H13ClN2O. The maximum atomic E-state index is 7.24. The topological polar surface area (TPSA) is 59.1 Å². The van der Waals surface area contributed by atoms with Gasteiger partial charge in [-0.1, -0.05) is 11.6 Å². The van der Waals surface area contributed by atoms with Gasteiger partial charge in [0.1, 0.15) is 0 Å². The molecule has 0 unspecified atom stereocenters. The van der Waals surface area contributed by atoms with Gasteiger partial charge in [0.2, 0.25) is 0 Å². The molecule has 14 heavy (non-hydrogen) atoms. The standard InChI is InChI=1S/C10H13ClN2O/c1-14-3-2-7-4-8(11)5-10(13)9(7)6-12/h4-6,12H,2-3,13H2,1H3. The van der Waals surface area contributed by atoms with E-state index < -0.39 is 0 Å². The van der Waals surface area contributed by atoms with Crippen LogP contribution in [0.4, 0.5) is 5.69 Å². The Labute approximate surface area is 88.3 Å². The van der Waals surface area contributed by atoms with Gasteiger partial charge in [-0.2, -0.15) is 0 Å². The van der Waals surface area contributed by atoms with Crippen LogP contribution in [0.25, 0.3) is 0 Å². The number of methoxy groups -OCH3 is 1. The summed E-state index contributed by atoms with van der Waals surface area (Å²) in [7, 11) is 1.64. The zero-order valence-corrected chi connectivity index (χ0v) is 8.77. The quantitative estimate of drug-likeness (QED) is 0.593. The number of nitrogen functional groups attached to an aromatic ring is 1. The fourth-order valence-electron chi connectivity index (χ4n) is 1.29. The molecule has 1 rings (SSSR count). The van der Waals surface area contributed by atoms with E-state index in [1.165, 1.54) is 6.21 Å². The number of benzene rings is 1. The van der Waals surface area contributed by atoms with Crippen molar-refractivity contribution in [2.24, 2.45) is 0 Å². The summed E-state index contributed by atoms with van der Waals surface area (Å²) in [6, 6.07) is 3.47. The average Bonchev–Trinajstić information content (AvgIpc) is 2.14. The highest BCUT2D eigenvalue weighted by atomic mass is 35.5. The van der Waals surface area contributed by atoms with Gasteiger partial charge in [0.15, 0.2) is 0 Å². The van der Waals surface area contributed by atoms with Gasteiger partial charge in [0, 0.05) is 29.6 Å². The Kier molecular flexibility index (Phi) is 3.92. The van der Waals surface area contributed by atoms with Gasteiger partial charge in [-0.25, -0.2) is 0 Å². The zero-order valence-electron chi connectivity index (χ0n) is 8.01. The second-order valence-electron chi connectivity index (χ2n) is 2.95. The summed E-state index contributed by atoms with van der Waals surface area (Å²) >= 11 is 5.86. The van der Waals surface area contributed by atoms with Gasteiger partial charge in [-0.15, -0.1) is 0 Å². The summed E-state index contributed by atoms with van der Waals surface area (Å²) < 4.78 is 4.97. The first-order chi connectivity index (χ1) is 6.69. The molecule has 0 atom stereocenters. The Bertz CT molecular complexity index is 339. The maximum Gasteiger partial charge on any atom is 0.0502 e. The maximum absolute atomic E-state index is 7.24. The number of nitrogens with two attached hydrogens (primary N) is 1. The van der Waals surface area contributed by atoms with Crippen LogP contribution in [-0.4, -0.2) is 19.9 Å². The Hall–Kier alpha value is -1.06. The monoisotopic (exact) mass is 212 g/mol. The molecule has 3 N–H and O–H groups in total. The summed E-state index contributed by atoms with van der Waals surface area (Å²) in [5.41, 5.74) is 7.95. The highest BCUT2D eigenvalue weighted by Crippen LogP contribution is 2.22. The third-order valence-electron chi connectivity index (χ3n) is 1.98. The van der Waals surface area contributed by atoms with E-state index in [-0.39, 0.29) is 0 Å². The van der Waals surface area contributed by atoms with Crippen LogP contribution >= 0.6 is 11.6 Å².